The quantitative estimate of drug-likeness (QED) is 0.537. The molecule has 0 aliphatic heterocycles. The number of carbonyl (C=O) groups is 2. The number of aromatic carboxylic acids is 2. The zero-order valence-electron chi connectivity index (χ0n) is 11.3. The van der Waals surface area contributed by atoms with E-state index in [0.717, 1.165) is 6.07 Å². The number of H-pyrrole nitrogens is 1. The summed E-state index contributed by atoms with van der Waals surface area (Å²) in [5, 5.41) is 19.4. The Kier molecular flexibility index (Phi) is 6.94. The monoisotopic (exact) mass is 316 g/mol. The third-order valence-corrected chi connectivity index (χ3v) is 2.50. The summed E-state index contributed by atoms with van der Waals surface area (Å²) in [4.78, 5) is 46.9. The molecule has 0 amide bonds. The van der Waals surface area contributed by atoms with Crippen molar-refractivity contribution in [3.63, 3.8) is 0 Å². The molecule has 0 spiro atoms. The van der Waals surface area contributed by atoms with Crippen molar-refractivity contribution in [3.8, 4) is 5.69 Å². The fraction of sp³-hybridized carbons (Fsp3) is 0. The second-order valence-corrected chi connectivity index (χ2v) is 3.80. The molecule has 2 aromatic rings. The minimum absolute atomic E-state index is 0. The number of carboxylic acids is 2. The molecule has 1 aromatic heterocycles. The van der Waals surface area contributed by atoms with Crippen LogP contribution in [0.25, 0.3) is 5.69 Å². The average molecular weight is 316 g/mol. The molecule has 1 aromatic carbocycles. The average Bonchev–Trinajstić information content (AvgIpc) is 2.38. The van der Waals surface area contributed by atoms with Crippen LogP contribution in [0.5, 0.6) is 0 Å². The summed E-state index contributed by atoms with van der Waals surface area (Å²) in [6.07, 6.45) is 0. The van der Waals surface area contributed by atoms with Gasteiger partial charge in [0.15, 0.2) is 0 Å². The molecule has 0 saturated carbocycles. The summed E-state index contributed by atoms with van der Waals surface area (Å²) < 4.78 is 0.624. The molecule has 0 saturated heterocycles. The Morgan fingerprint density at radius 2 is 1.82 bits per heavy atom. The number of benzene rings is 1. The number of rotatable bonds is 3. The van der Waals surface area contributed by atoms with E-state index in [9.17, 15) is 24.3 Å². The number of hydrogen-bond acceptors (Lipinski definition) is 5. The number of aromatic amines is 1. The van der Waals surface area contributed by atoms with Gasteiger partial charge in [-0.15, -0.1) is 0 Å². The molecule has 2 rings (SSSR count). The zero-order valence-corrected chi connectivity index (χ0v) is 13.3. The molecule has 0 bridgehead atoms. The Morgan fingerprint density at radius 1 is 1.18 bits per heavy atom. The Hall–Kier alpha value is -2.20. The second-order valence-electron chi connectivity index (χ2n) is 3.80. The van der Waals surface area contributed by atoms with Crippen LogP contribution < -0.4 is 45.9 Å². The summed E-state index contributed by atoms with van der Waals surface area (Å²) in [5.41, 5.74) is -2.65. The summed E-state index contributed by atoms with van der Waals surface area (Å²) in [6.45, 7) is 0. The molecule has 1 heterocycles. The van der Waals surface area contributed by atoms with Crippen LogP contribution in [0.2, 0.25) is 0 Å². The molecule has 9 nitrogen and oxygen atoms in total. The molecule has 0 fully saturated rings. The number of nitrogens with one attached hydrogen (secondary N) is 1. The van der Waals surface area contributed by atoms with Crippen LogP contribution in [0, 0.1) is 0 Å². The summed E-state index contributed by atoms with van der Waals surface area (Å²) in [7, 11) is 0. The fourth-order valence-electron chi connectivity index (χ4n) is 1.63. The van der Waals surface area contributed by atoms with Gasteiger partial charge in [-0.1, -0.05) is 6.07 Å². The number of carboxylic acid groups (broad SMARTS) is 2. The van der Waals surface area contributed by atoms with Crippen molar-refractivity contribution in [1.82, 2.24) is 9.55 Å². The van der Waals surface area contributed by atoms with Crippen LogP contribution in [0.3, 0.4) is 0 Å². The summed E-state index contributed by atoms with van der Waals surface area (Å²) in [5.74, 6) is -2.91. The van der Waals surface area contributed by atoms with E-state index in [1.54, 1.807) is 0 Å². The molecule has 0 atom stereocenters. The maximum absolute atomic E-state index is 11.8. The van der Waals surface area contributed by atoms with Crippen molar-refractivity contribution in [3.05, 3.63) is 62.4 Å². The Bertz CT molecular complexity index is 793. The predicted octanol–water partition coefficient (Wildman–Crippen LogP) is -5.23. The van der Waals surface area contributed by atoms with Gasteiger partial charge in [-0.25, -0.2) is 14.2 Å². The SMILES string of the molecule is O.O=C(O)c1cccc(-n2c(=O)cc(C(=O)[O-])[nH]c2=O)c1.[Na+]. The number of aromatic nitrogens is 2. The van der Waals surface area contributed by atoms with Crippen molar-refractivity contribution in [1.29, 1.82) is 0 Å². The van der Waals surface area contributed by atoms with E-state index < -0.39 is 28.9 Å². The van der Waals surface area contributed by atoms with Crippen LogP contribution in [0.15, 0.2) is 39.9 Å². The fourth-order valence-corrected chi connectivity index (χ4v) is 1.63. The van der Waals surface area contributed by atoms with E-state index in [1.165, 1.54) is 18.2 Å². The van der Waals surface area contributed by atoms with Crippen LogP contribution in [-0.4, -0.2) is 32.1 Å². The molecular formula is C12H9N2NaO7. The first-order valence-corrected chi connectivity index (χ1v) is 5.31. The minimum atomic E-state index is -1.69. The van der Waals surface area contributed by atoms with E-state index in [-0.39, 0.29) is 46.3 Å². The summed E-state index contributed by atoms with van der Waals surface area (Å²) >= 11 is 0. The molecule has 0 unspecified atom stereocenters. The first-order chi connectivity index (χ1) is 9.40. The van der Waals surface area contributed by atoms with Gasteiger partial charge >= 0.3 is 41.2 Å². The van der Waals surface area contributed by atoms with Crippen molar-refractivity contribution in [2.75, 3.05) is 0 Å². The van der Waals surface area contributed by atoms with Crippen LogP contribution >= 0.6 is 0 Å². The van der Waals surface area contributed by atoms with E-state index in [2.05, 4.69) is 0 Å². The van der Waals surface area contributed by atoms with Gasteiger partial charge in [-0.3, -0.25) is 4.79 Å². The molecule has 110 valence electrons. The molecule has 10 heteroatoms. The first kappa shape index (κ1) is 19.8. The molecule has 0 aliphatic carbocycles. The third-order valence-electron chi connectivity index (χ3n) is 2.50. The Labute approximate surface area is 144 Å². The van der Waals surface area contributed by atoms with Gasteiger partial charge in [0, 0.05) is 6.07 Å². The van der Waals surface area contributed by atoms with Gasteiger partial charge in [0.05, 0.1) is 22.9 Å². The minimum Gasteiger partial charge on any atom is -0.543 e. The van der Waals surface area contributed by atoms with Gasteiger partial charge in [-0.2, -0.15) is 0 Å². The topological polar surface area (TPSA) is 164 Å². The maximum atomic E-state index is 11.8. The van der Waals surface area contributed by atoms with Crippen LogP contribution in [-0.2, 0) is 0 Å². The first-order valence-electron chi connectivity index (χ1n) is 5.31. The molecule has 22 heavy (non-hydrogen) atoms. The molecule has 4 N–H and O–H groups in total. The van der Waals surface area contributed by atoms with Crippen LogP contribution in [0.1, 0.15) is 20.8 Å². The number of carbonyl (C=O) groups excluding carboxylic acids is 1. The molecule has 0 aliphatic rings. The van der Waals surface area contributed by atoms with Crippen LogP contribution in [0.4, 0.5) is 0 Å². The maximum Gasteiger partial charge on any atom is 1.00 e. The normalized spacial score (nSPS) is 9.27. The predicted molar refractivity (Wildman–Crippen MR) is 67.6 cm³/mol. The molecule has 0 radical (unpaired) electrons. The number of hydrogen-bond donors (Lipinski definition) is 2. The van der Waals surface area contributed by atoms with Gasteiger partial charge < -0.3 is 25.5 Å². The Balaban J connectivity index is 0.00000220. The van der Waals surface area contributed by atoms with E-state index >= 15 is 0 Å². The van der Waals surface area contributed by atoms with Gasteiger partial charge in [0.1, 0.15) is 0 Å². The van der Waals surface area contributed by atoms with Gasteiger partial charge in [0.2, 0.25) is 0 Å². The van der Waals surface area contributed by atoms with Crippen molar-refractivity contribution in [2.45, 2.75) is 0 Å². The van der Waals surface area contributed by atoms with E-state index in [4.69, 9.17) is 5.11 Å². The third kappa shape index (κ3) is 3.92. The zero-order chi connectivity index (χ0) is 14.9. The second kappa shape index (κ2) is 7.71. The van der Waals surface area contributed by atoms with Gasteiger partial charge in [0.25, 0.3) is 5.56 Å². The van der Waals surface area contributed by atoms with Gasteiger partial charge in [-0.05, 0) is 18.2 Å². The Morgan fingerprint density at radius 3 is 2.32 bits per heavy atom. The molecular weight excluding hydrogens is 307 g/mol. The van der Waals surface area contributed by atoms with E-state index in [0.29, 0.717) is 10.6 Å². The van der Waals surface area contributed by atoms with Crippen molar-refractivity contribution < 1.29 is 54.8 Å². The largest absolute Gasteiger partial charge is 1.00 e. The summed E-state index contributed by atoms with van der Waals surface area (Å²) in [6, 6.07) is 5.81. The van der Waals surface area contributed by atoms with Crippen molar-refractivity contribution in [2.24, 2.45) is 0 Å². The number of nitrogens with zero attached hydrogens (tertiary/aromatic N) is 1. The smallest absolute Gasteiger partial charge is 0.543 e. The van der Waals surface area contributed by atoms with Crippen molar-refractivity contribution >= 4 is 11.9 Å². The van der Waals surface area contributed by atoms with E-state index in [1.807, 2.05) is 4.98 Å². The standard InChI is InChI=1S/C12H8N2O6.Na.H2O/c15-9-5-8(11(18)19)13-12(20)14(9)7-3-1-2-6(4-7)10(16)17;;/h1-5H,(H,13,20)(H,16,17)(H,18,19);;1H2/q;+1;/p-1.